The maximum absolute atomic E-state index is 13.6. The Labute approximate surface area is 116 Å². The van der Waals surface area contributed by atoms with Crippen LogP contribution in [0.4, 0.5) is 20.6 Å². The lowest BCUT2D eigenvalue weighted by Crippen LogP contribution is -2.27. The van der Waals surface area contributed by atoms with Crippen molar-refractivity contribution in [2.24, 2.45) is 0 Å². The first-order valence-electron chi connectivity index (χ1n) is 5.82. The van der Waals surface area contributed by atoms with Gasteiger partial charge in [0.1, 0.15) is 17.0 Å². The molecular formula is C13H17FN2O4. The van der Waals surface area contributed by atoms with Crippen molar-refractivity contribution < 1.29 is 23.5 Å². The van der Waals surface area contributed by atoms with Crippen LogP contribution in [0.5, 0.6) is 0 Å². The third-order valence-corrected chi connectivity index (χ3v) is 2.22. The van der Waals surface area contributed by atoms with Gasteiger partial charge < -0.3 is 15.2 Å². The van der Waals surface area contributed by atoms with E-state index in [1.165, 1.54) is 6.07 Å². The summed E-state index contributed by atoms with van der Waals surface area (Å²) in [5.74, 6) is -1.75. The van der Waals surface area contributed by atoms with Crippen LogP contribution in [0.1, 0.15) is 31.1 Å². The van der Waals surface area contributed by atoms with Crippen molar-refractivity contribution in [3.8, 4) is 0 Å². The Balaban J connectivity index is 3.04. The van der Waals surface area contributed by atoms with Crippen LogP contribution in [-0.4, -0.2) is 24.8 Å². The van der Waals surface area contributed by atoms with Gasteiger partial charge in [-0.2, -0.15) is 0 Å². The molecule has 0 radical (unpaired) electrons. The van der Waals surface area contributed by atoms with Gasteiger partial charge in [-0.05, 0) is 32.9 Å². The molecule has 0 aromatic heterocycles. The molecule has 0 aliphatic heterocycles. The first-order chi connectivity index (χ1) is 9.15. The summed E-state index contributed by atoms with van der Waals surface area (Å²) in [5.41, 5.74) is 4.39. The van der Waals surface area contributed by atoms with Crippen LogP contribution in [0.2, 0.25) is 0 Å². The minimum atomic E-state index is -0.923. The molecule has 0 fully saturated rings. The zero-order chi connectivity index (χ0) is 15.5. The first kappa shape index (κ1) is 15.7. The molecule has 1 rings (SSSR count). The molecular weight excluding hydrogens is 267 g/mol. The Morgan fingerprint density at radius 3 is 2.40 bits per heavy atom. The molecule has 1 aromatic carbocycles. The molecule has 1 amide bonds. The van der Waals surface area contributed by atoms with Crippen LogP contribution in [0.3, 0.4) is 0 Å². The van der Waals surface area contributed by atoms with Gasteiger partial charge in [0.25, 0.3) is 0 Å². The summed E-state index contributed by atoms with van der Waals surface area (Å²) < 4.78 is 23.0. The topological polar surface area (TPSA) is 90.6 Å². The Hall–Kier alpha value is -2.31. The minimum absolute atomic E-state index is 0.0704. The number of nitrogen functional groups attached to an aromatic ring is 1. The fraction of sp³-hybridized carbons (Fsp3) is 0.385. The number of nitrogens with two attached hydrogens (primary N) is 1. The van der Waals surface area contributed by atoms with Crippen LogP contribution in [0, 0.1) is 5.82 Å². The van der Waals surface area contributed by atoms with Crippen molar-refractivity contribution in [3.05, 3.63) is 23.5 Å². The van der Waals surface area contributed by atoms with E-state index in [9.17, 15) is 14.0 Å². The highest BCUT2D eigenvalue weighted by molar-refractivity contribution is 6.01. The van der Waals surface area contributed by atoms with Crippen molar-refractivity contribution in [2.75, 3.05) is 18.2 Å². The average molecular weight is 284 g/mol. The Kier molecular flexibility index (Phi) is 4.54. The molecule has 3 N–H and O–H groups in total. The third-order valence-electron chi connectivity index (χ3n) is 2.22. The standard InChI is InChI=1S/C13H17FN2O4/c1-13(2,3)20-12(18)16-8-6-5-7(14)9(10(8)15)11(17)19-4/h5-6H,15H2,1-4H3,(H,16,18). The molecule has 0 aliphatic rings. The first-order valence-corrected chi connectivity index (χ1v) is 5.82. The molecule has 1 aromatic rings. The molecule has 0 atom stereocenters. The van der Waals surface area contributed by atoms with E-state index in [4.69, 9.17) is 10.5 Å². The largest absolute Gasteiger partial charge is 0.465 e. The van der Waals surface area contributed by atoms with Crippen molar-refractivity contribution >= 4 is 23.4 Å². The normalized spacial score (nSPS) is 10.8. The monoisotopic (exact) mass is 284 g/mol. The fourth-order valence-electron chi connectivity index (χ4n) is 1.43. The van der Waals surface area contributed by atoms with Gasteiger partial charge in [0.2, 0.25) is 0 Å². The lowest BCUT2D eigenvalue weighted by Gasteiger charge is -2.20. The van der Waals surface area contributed by atoms with E-state index in [-0.39, 0.29) is 11.4 Å². The van der Waals surface area contributed by atoms with Crippen molar-refractivity contribution in [1.82, 2.24) is 0 Å². The summed E-state index contributed by atoms with van der Waals surface area (Å²) in [4.78, 5) is 23.1. The number of rotatable bonds is 2. The number of esters is 1. The molecule has 6 nitrogen and oxygen atoms in total. The van der Waals surface area contributed by atoms with E-state index in [1.807, 2.05) is 0 Å². The summed E-state index contributed by atoms with van der Waals surface area (Å²) in [6.07, 6.45) is -0.758. The van der Waals surface area contributed by atoms with E-state index < -0.39 is 29.0 Å². The number of ether oxygens (including phenoxy) is 2. The highest BCUT2D eigenvalue weighted by Crippen LogP contribution is 2.26. The van der Waals surface area contributed by atoms with Gasteiger partial charge >= 0.3 is 12.1 Å². The van der Waals surface area contributed by atoms with E-state index in [2.05, 4.69) is 10.1 Å². The fourth-order valence-corrected chi connectivity index (χ4v) is 1.43. The Bertz CT molecular complexity index is 538. The number of carbonyl (C=O) groups is 2. The van der Waals surface area contributed by atoms with E-state index >= 15 is 0 Å². The van der Waals surface area contributed by atoms with Gasteiger partial charge in [0.15, 0.2) is 0 Å². The zero-order valence-corrected chi connectivity index (χ0v) is 11.7. The number of methoxy groups -OCH3 is 1. The number of nitrogens with one attached hydrogen (secondary N) is 1. The predicted octanol–water partition coefficient (Wildman–Crippen LogP) is 2.54. The summed E-state index contributed by atoms with van der Waals surface area (Å²) >= 11 is 0. The molecule has 0 spiro atoms. The van der Waals surface area contributed by atoms with Gasteiger partial charge in [-0.15, -0.1) is 0 Å². The van der Waals surface area contributed by atoms with E-state index in [1.54, 1.807) is 20.8 Å². The van der Waals surface area contributed by atoms with E-state index in [0.717, 1.165) is 13.2 Å². The van der Waals surface area contributed by atoms with Crippen LogP contribution in [-0.2, 0) is 9.47 Å². The number of carbonyl (C=O) groups excluding carboxylic acids is 2. The predicted molar refractivity (Wildman–Crippen MR) is 72.0 cm³/mol. The lowest BCUT2D eigenvalue weighted by atomic mass is 10.1. The van der Waals surface area contributed by atoms with Crippen molar-refractivity contribution in [1.29, 1.82) is 0 Å². The molecule has 0 aliphatic carbocycles. The van der Waals surface area contributed by atoms with Crippen LogP contribution < -0.4 is 11.1 Å². The summed E-state index contributed by atoms with van der Waals surface area (Å²) in [6, 6.07) is 2.25. The van der Waals surface area contributed by atoms with Crippen LogP contribution >= 0.6 is 0 Å². The molecule has 0 saturated heterocycles. The average Bonchev–Trinajstić information content (AvgIpc) is 2.30. The highest BCUT2D eigenvalue weighted by Gasteiger charge is 2.21. The molecule has 0 unspecified atom stereocenters. The second-order valence-corrected chi connectivity index (χ2v) is 5.00. The highest BCUT2D eigenvalue weighted by atomic mass is 19.1. The number of amides is 1. The number of anilines is 2. The maximum atomic E-state index is 13.6. The SMILES string of the molecule is COC(=O)c1c(F)ccc(NC(=O)OC(C)(C)C)c1N. The lowest BCUT2D eigenvalue weighted by molar-refractivity contribution is 0.0592. The number of benzene rings is 1. The quantitative estimate of drug-likeness (QED) is 0.643. The van der Waals surface area contributed by atoms with Gasteiger partial charge in [0, 0.05) is 0 Å². The molecule has 20 heavy (non-hydrogen) atoms. The summed E-state index contributed by atoms with van der Waals surface area (Å²) in [5, 5.41) is 2.35. The molecule has 0 heterocycles. The Morgan fingerprint density at radius 1 is 1.30 bits per heavy atom. The van der Waals surface area contributed by atoms with E-state index in [0.29, 0.717) is 0 Å². The number of halogens is 1. The number of hydrogen-bond acceptors (Lipinski definition) is 5. The molecule has 110 valence electrons. The van der Waals surface area contributed by atoms with Gasteiger partial charge in [-0.25, -0.2) is 14.0 Å². The zero-order valence-electron chi connectivity index (χ0n) is 11.7. The molecule has 0 bridgehead atoms. The number of hydrogen-bond donors (Lipinski definition) is 2. The smallest absolute Gasteiger partial charge is 0.412 e. The molecule has 0 saturated carbocycles. The van der Waals surface area contributed by atoms with Crippen molar-refractivity contribution in [2.45, 2.75) is 26.4 Å². The van der Waals surface area contributed by atoms with Gasteiger partial charge in [-0.1, -0.05) is 0 Å². The third kappa shape index (κ3) is 3.84. The molecule has 7 heteroatoms. The Morgan fingerprint density at radius 2 is 1.90 bits per heavy atom. The second kappa shape index (κ2) is 5.77. The second-order valence-electron chi connectivity index (χ2n) is 5.00. The van der Waals surface area contributed by atoms with Gasteiger partial charge in [0.05, 0.1) is 18.5 Å². The maximum Gasteiger partial charge on any atom is 0.412 e. The van der Waals surface area contributed by atoms with Crippen LogP contribution in [0.15, 0.2) is 12.1 Å². The van der Waals surface area contributed by atoms with Crippen molar-refractivity contribution in [3.63, 3.8) is 0 Å². The summed E-state index contributed by atoms with van der Waals surface area (Å²) in [7, 11) is 1.11. The minimum Gasteiger partial charge on any atom is -0.465 e. The summed E-state index contributed by atoms with van der Waals surface area (Å²) in [6.45, 7) is 5.08. The van der Waals surface area contributed by atoms with Gasteiger partial charge in [-0.3, -0.25) is 5.32 Å². The van der Waals surface area contributed by atoms with Crippen LogP contribution in [0.25, 0.3) is 0 Å².